The number of unbranched alkanes of at least 4 members (excludes halogenated alkanes) is 3. The highest BCUT2D eigenvalue weighted by atomic mass is 32.2. The number of hydrogen-bond acceptors (Lipinski definition) is 11. The van der Waals surface area contributed by atoms with E-state index in [0.29, 0.717) is 91.5 Å². The Morgan fingerprint density at radius 1 is 0.882 bits per heavy atom. The quantitative estimate of drug-likeness (QED) is 0.111. The van der Waals surface area contributed by atoms with E-state index in [9.17, 15) is 18.6 Å². The van der Waals surface area contributed by atoms with Crippen molar-refractivity contribution in [3.63, 3.8) is 0 Å². The minimum absolute atomic E-state index is 0.0255. The molecule has 3 amide bonds. The maximum absolute atomic E-state index is 14.0. The lowest BCUT2D eigenvalue weighted by Crippen LogP contribution is -2.56. The van der Waals surface area contributed by atoms with Gasteiger partial charge in [-0.3, -0.25) is 38.8 Å². The van der Waals surface area contributed by atoms with E-state index in [0.717, 1.165) is 74.7 Å². The normalized spacial score (nSPS) is 23.1. The molecule has 2 bridgehead atoms. The van der Waals surface area contributed by atoms with Gasteiger partial charge in [-0.05, 0) is 99.7 Å². The van der Waals surface area contributed by atoms with E-state index in [1.807, 2.05) is 110 Å². The molecule has 0 radical (unpaired) electrons. The number of piperazine rings is 1. The third-order valence-corrected chi connectivity index (χ3v) is 15.2. The number of anilines is 2. The second-order valence-corrected chi connectivity index (χ2v) is 20.1. The lowest BCUT2D eigenvalue weighted by molar-refractivity contribution is -0.135. The predicted molar refractivity (Wildman–Crippen MR) is 267 cm³/mol. The molecule has 0 spiro atoms. The fraction of sp³-hybridized carbons (Fsp3) is 0.509. The van der Waals surface area contributed by atoms with Crippen LogP contribution in [0.4, 0.5) is 16.2 Å². The predicted octanol–water partition coefficient (Wildman–Crippen LogP) is 7.92. The number of methoxy groups -OCH3 is 1. The molecule has 8 rings (SSSR count). The van der Waals surface area contributed by atoms with Crippen LogP contribution >= 0.6 is 0 Å². The van der Waals surface area contributed by atoms with Crippen LogP contribution in [0.5, 0.6) is 17.2 Å². The zero-order chi connectivity index (χ0) is 47.4. The largest absolute Gasteiger partial charge is 0.495 e. The molecule has 68 heavy (non-hydrogen) atoms. The Bertz CT molecular complexity index is 2320. The zero-order valence-electron chi connectivity index (χ0n) is 39.9. The molecule has 3 saturated heterocycles. The number of carbonyl (C=O) groups excluding carboxylic acids is 3. The van der Waals surface area contributed by atoms with E-state index in [2.05, 4.69) is 15.1 Å². The summed E-state index contributed by atoms with van der Waals surface area (Å²) >= 11 is 0. The molecular weight excluding hydrogens is 881 g/mol. The fourth-order valence-electron chi connectivity index (χ4n) is 10.3. The number of rotatable bonds is 20. The Morgan fingerprint density at radius 3 is 2.41 bits per heavy atom. The van der Waals surface area contributed by atoms with Crippen LogP contribution in [0.3, 0.4) is 0 Å². The van der Waals surface area contributed by atoms with E-state index < -0.39 is 29.0 Å². The molecule has 5 aliphatic rings. The summed E-state index contributed by atoms with van der Waals surface area (Å²) in [6.07, 6.45) is 16.1. The van der Waals surface area contributed by atoms with Crippen molar-refractivity contribution in [2.24, 2.45) is 10.9 Å². The average molecular weight is 949 g/mol. The summed E-state index contributed by atoms with van der Waals surface area (Å²) in [6.45, 7) is 8.33. The van der Waals surface area contributed by atoms with Gasteiger partial charge in [0, 0.05) is 80.0 Å². The van der Waals surface area contributed by atoms with E-state index in [1.165, 1.54) is 6.42 Å². The van der Waals surface area contributed by atoms with Gasteiger partial charge < -0.3 is 23.8 Å². The van der Waals surface area contributed by atoms with Crippen LogP contribution in [0.25, 0.3) is 0 Å². The molecule has 4 aliphatic heterocycles. The van der Waals surface area contributed by atoms with Crippen molar-refractivity contribution in [1.82, 2.24) is 14.7 Å². The van der Waals surface area contributed by atoms with Gasteiger partial charge in [0.05, 0.1) is 36.7 Å². The van der Waals surface area contributed by atoms with Crippen molar-refractivity contribution in [1.29, 1.82) is 0 Å². The highest BCUT2D eigenvalue weighted by Gasteiger charge is 2.41. The minimum Gasteiger partial charge on any atom is -0.495 e. The number of piperidine rings is 2. The van der Waals surface area contributed by atoms with Crippen LogP contribution in [0.2, 0.25) is 0 Å². The number of amides is 3. The molecule has 364 valence electrons. The molecule has 3 aromatic carbocycles. The maximum atomic E-state index is 14.0. The maximum Gasteiger partial charge on any atom is 0.412 e. The summed E-state index contributed by atoms with van der Waals surface area (Å²) in [5.41, 5.74) is 4.13. The molecule has 5 unspecified atom stereocenters. The topological polar surface area (TPSA) is 143 Å². The van der Waals surface area contributed by atoms with Crippen LogP contribution in [0.15, 0.2) is 96.0 Å². The molecule has 1 N–H and O–H groups in total. The van der Waals surface area contributed by atoms with Gasteiger partial charge in [-0.25, -0.2) is 4.79 Å². The van der Waals surface area contributed by atoms with E-state index >= 15 is 0 Å². The van der Waals surface area contributed by atoms with Crippen molar-refractivity contribution < 1.29 is 37.5 Å². The highest BCUT2D eigenvalue weighted by Crippen LogP contribution is 2.37. The monoisotopic (exact) mass is 948 g/mol. The van der Waals surface area contributed by atoms with Crippen LogP contribution in [-0.2, 0) is 30.9 Å². The van der Waals surface area contributed by atoms with E-state index in [1.54, 1.807) is 12.0 Å². The molecule has 1 aliphatic carbocycles. The molecule has 3 fully saturated rings. The smallest absolute Gasteiger partial charge is 0.412 e. The van der Waals surface area contributed by atoms with Crippen LogP contribution in [0.1, 0.15) is 75.8 Å². The first kappa shape index (κ1) is 48.9. The highest BCUT2D eigenvalue weighted by molar-refractivity contribution is 7.84. The Labute approximate surface area is 404 Å². The van der Waals surface area contributed by atoms with Gasteiger partial charge in [0.1, 0.15) is 29.5 Å². The third-order valence-electron chi connectivity index (χ3n) is 13.8. The Morgan fingerprint density at radius 2 is 1.65 bits per heavy atom. The summed E-state index contributed by atoms with van der Waals surface area (Å²) in [5.74, 6) is 2.52. The number of nitrogens with zero attached hydrogens (tertiary/aromatic N) is 5. The molecule has 14 nitrogen and oxygen atoms in total. The van der Waals surface area contributed by atoms with E-state index in [-0.39, 0.29) is 24.5 Å². The fourth-order valence-corrected chi connectivity index (χ4v) is 11.6. The van der Waals surface area contributed by atoms with Gasteiger partial charge in [0.2, 0.25) is 5.91 Å². The SMILES string of the molecule is CCOc1ccccc1N1C(=O)C2C=CC=CC2=NC1CN1CCN(C(=O)COc2ccc(CS(=O)CCCCCCN3C4CCCC3CC(OC(=O)Nc3cc(C)ccc3OC)C4)cc2)CC1. The molecule has 5 atom stereocenters. The second kappa shape index (κ2) is 23.7. The Kier molecular flexibility index (Phi) is 17.0. The standard InChI is InChI=1S/C53H68N6O8S/c1-4-65-49-19-10-9-18-47(49)59-50(54-45-17-8-7-16-44(45)52(59)61)35-56-27-29-57(30-28-56)51(60)36-66-42-23-21-39(22-24-42)37-68(63)31-12-6-5-11-26-58-40-14-13-15-41(58)34-43(33-40)67-53(62)55-46-32-38(2)20-25-48(46)64-3/h7-10,16-25,32,40-41,43-44,50H,4-6,11-15,26-31,33-37H2,1-3H3,(H,55,62). The minimum atomic E-state index is -0.962. The molecule has 0 aromatic heterocycles. The first-order valence-corrected chi connectivity index (χ1v) is 26.1. The molecule has 0 saturated carbocycles. The number of aliphatic imine (C=N–C) groups is 1. The van der Waals surface area contributed by atoms with Crippen molar-refractivity contribution in [3.05, 3.63) is 102 Å². The lowest BCUT2D eigenvalue weighted by atomic mass is 9.82. The summed E-state index contributed by atoms with van der Waals surface area (Å²) in [5, 5.41) is 2.89. The van der Waals surface area contributed by atoms with Gasteiger partial charge in [-0.1, -0.05) is 67.8 Å². The number of hydrogen-bond donors (Lipinski definition) is 1. The number of fused-ring (bicyclic) bond motifs is 3. The molecule has 4 heterocycles. The summed E-state index contributed by atoms with van der Waals surface area (Å²) in [7, 11) is 0.632. The van der Waals surface area contributed by atoms with Crippen LogP contribution in [0, 0.1) is 12.8 Å². The zero-order valence-corrected chi connectivity index (χ0v) is 40.7. The van der Waals surface area contributed by atoms with Gasteiger partial charge in [0.15, 0.2) is 6.61 Å². The summed E-state index contributed by atoms with van der Waals surface area (Å²) in [4.78, 5) is 53.6. The first-order valence-electron chi connectivity index (χ1n) is 24.6. The number of allylic oxidation sites excluding steroid dienone is 3. The van der Waals surface area contributed by atoms with Crippen molar-refractivity contribution in [2.75, 3.05) is 75.6 Å². The number of ether oxygens (including phenoxy) is 4. The third kappa shape index (κ3) is 12.6. The average Bonchev–Trinajstić information content (AvgIpc) is 3.33. The van der Waals surface area contributed by atoms with Crippen LogP contribution < -0.4 is 24.4 Å². The lowest BCUT2D eigenvalue weighted by Gasteiger charge is -2.48. The van der Waals surface area contributed by atoms with Crippen molar-refractivity contribution in [3.8, 4) is 17.2 Å². The number of carbonyl (C=O) groups is 3. The molecule has 15 heteroatoms. The summed E-state index contributed by atoms with van der Waals surface area (Å²) in [6, 6.07) is 21.8. The van der Waals surface area contributed by atoms with E-state index in [4.69, 9.17) is 23.9 Å². The van der Waals surface area contributed by atoms with Crippen molar-refractivity contribution >= 4 is 45.8 Å². The Balaban J connectivity index is 0.705. The summed E-state index contributed by atoms with van der Waals surface area (Å²) < 4.78 is 36.2. The van der Waals surface area contributed by atoms with Gasteiger partial charge in [0.25, 0.3) is 5.91 Å². The number of para-hydroxylation sites is 2. The molecule has 3 aromatic rings. The van der Waals surface area contributed by atoms with Gasteiger partial charge in [-0.15, -0.1) is 0 Å². The first-order chi connectivity index (χ1) is 33.1. The molecular formula is C53H68N6O8S. The number of aryl methyl sites for hydroxylation is 1. The Hall–Kier alpha value is -5.51. The number of benzene rings is 3. The van der Waals surface area contributed by atoms with Crippen molar-refractivity contribution in [2.45, 2.75) is 102 Å². The number of nitrogens with one attached hydrogen (secondary N) is 1. The second-order valence-electron chi connectivity index (χ2n) is 18.5. The van der Waals surface area contributed by atoms with Gasteiger partial charge >= 0.3 is 6.09 Å². The van der Waals surface area contributed by atoms with Crippen LogP contribution in [-0.4, -0.2) is 132 Å². The van der Waals surface area contributed by atoms with Gasteiger partial charge in [-0.2, -0.15) is 0 Å².